The Bertz CT molecular complexity index is 1420. The molecule has 166 valence electrons. The molecule has 0 aliphatic carbocycles. The number of anilines is 1. The van der Waals surface area contributed by atoms with E-state index in [4.69, 9.17) is 9.97 Å². The summed E-state index contributed by atoms with van der Waals surface area (Å²) in [6, 6.07) is 11.7. The first kappa shape index (κ1) is 20.8. The minimum atomic E-state index is -0.315. The molecular formula is C24H22FN7O. The number of aromatic amines is 1. The molecule has 0 spiro atoms. The van der Waals surface area contributed by atoms with Crippen molar-refractivity contribution in [1.82, 2.24) is 29.5 Å². The number of nitrogens with zero attached hydrogens (tertiary/aromatic N) is 5. The summed E-state index contributed by atoms with van der Waals surface area (Å²) >= 11 is 0. The maximum atomic E-state index is 13.6. The highest BCUT2D eigenvalue weighted by molar-refractivity contribution is 5.80. The van der Waals surface area contributed by atoms with E-state index < -0.39 is 0 Å². The van der Waals surface area contributed by atoms with Crippen molar-refractivity contribution in [2.45, 2.75) is 27.0 Å². The van der Waals surface area contributed by atoms with Gasteiger partial charge in [0.25, 0.3) is 0 Å². The third-order valence-electron chi connectivity index (χ3n) is 5.59. The zero-order valence-electron chi connectivity index (χ0n) is 18.2. The molecule has 0 radical (unpaired) electrons. The number of hydrogen-bond acceptors (Lipinski definition) is 6. The molecule has 0 unspecified atom stereocenters. The van der Waals surface area contributed by atoms with Crippen LogP contribution in [0, 0.1) is 19.7 Å². The van der Waals surface area contributed by atoms with Crippen molar-refractivity contribution in [3.63, 3.8) is 0 Å². The number of benzene rings is 1. The van der Waals surface area contributed by atoms with Crippen LogP contribution in [0.25, 0.3) is 28.3 Å². The van der Waals surface area contributed by atoms with E-state index in [9.17, 15) is 9.50 Å². The average Bonchev–Trinajstić information content (AvgIpc) is 3.37. The smallest absolute Gasteiger partial charge is 0.223 e. The van der Waals surface area contributed by atoms with E-state index in [1.165, 1.54) is 12.1 Å². The minimum absolute atomic E-state index is 0.0843. The summed E-state index contributed by atoms with van der Waals surface area (Å²) in [6.45, 7) is 4.38. The molecule has 33 heavy (non-hydrogen) atoms. The summed E-state index contributed by atoms with van der Waals surface area (Å²) in [5.74, 6) is 0.157. The lowest BCUT2D eigenvalue weighted by Gasteiger charge is -2.09. The molecule has 5 aromatic rings. The van der Waals surface area contributed by atoms with Crippen LogP contribution >= 0.6 is 0 Å². The first-order valence-corrected chi connectivity index (χ1v) is 10.5. The Balaban J connectivity index is 1.59. The van der Waals surface area contributed by atoms with Crippen LogP contribution in [0.4, 0.5) is 10.3 Å². The molecule has 0 saturated carbocycles. The van der Waals surface area contributed by atoms with Crippen LogP contribution in [0.3, 0.4) is 0 Å². The average molecular weight is 443 g/mol. The molecule has 0 atom stereocenters. The molecule has 4 heterocycles. The molecule has 5 rings (SSSR count). The summed E-state index contributed by atoms with van der Waals surface area (Å²) in [5.41, 5.74) is 7.25. The lowest BCUT2D eigenvalue weighted by molar-refractivity contribution is 0.282. The Morgan fingerprint density at radius 3 is 2.64 bits per heavy atom. The van der Waals surface area contributed by atoms with E-state index in [2.05, 4.69) is 20.5 Å². The van der Waals surface area contributed by atoms with Gasteiger partial charge >= 0.3 is 0 Å². The van der Waals surface area contributed by atoms with E-state index >= 15 is 0 Å². The molecule has 9 heteroatoms. The zero-order valence-corrected chi connectivity index (χ0v) is 18.2. The molecule has 0 fully saturated rings. The fourth-order valence-electron chi connectivity index (χ4n) is 3.82. The van der Waals surface area contributed by atoms with Crippen molar-refractivity contribution in [2.24, 2.45) is 0 Å². The van der Waals surface area contributed by atoms with Gasteiger partial charge in [0.15, 0.2) is 0 Å². The molecule has 3 N–H and O–H groups in total. The number of hydrogen-bond donors (Lipinski definition) is 3. The number of aromatic nitrogens is 6. The fraction of sp³-hybridized carbons (Fsp3) is 0.167. The van der Waals surface area contributed by atoms with Crippen molar-refractivity contribution in [2.75, 3.05) is 5.32 Å². The Morgan fingerprint density at radius 1 is 1.09 bits per heavy atom. The highest BCUT2D eigenvalue weighted by Gasteiger charge is 2.18. The second-order valence-corrected chi connectivity index (χ2v) is 7.77. The predicted octanol–water partition coefficient (Wildman–Crippen LogP) is 4.04. The second kappa shape index (κ2) is 8.44. The van der Waals surface area contributed by atoms with Gasteiger partial charge in [0, 0.05) is 35.8 Å². The van der Waals surface area contributed by atoms with Crippen LogP contribution in [0.2, 0.25) is 0 Å². The standard InChI is InChI=1S/C24H22FN7O/c1-14-19(15(2)31-30-14)12-27-24-26-9-7-20(28-24)23-22(17-3-5-18(25)6-4-17)29-21-11-16(13-33)8-10-32(21)23/h3-11,33H,12-13H2,1-2H3,(H,30,31)(H,26,27,28). The van der Waals surface area contributed by atoms with Crippen LogP contribution in [0.1, 0.15) is 22.5 Å². The van der Waals surface area contributed by atoms with Crippen LogP contribution in [0.5, 0.6) is 0 Å². The van der Waals surface area contributed by atoms with E-state index in [1.54, 1.807) is 18.3 Å². The summed E-state index contributed by atoms with van der Waals surface area (Å²) in [6.07, 6.45) is 3.54. The van der Waals surface area contributed by atoms with E-state index in [1.807, 2.05) is 42.6 Å². The highest BCUT2D eigenvalue weighted by Crippen LogP contribution is 2.32. The van der Waals surface area contributed by atoms with Gasteiger partial charge in [0.1, 0.15) is 11.5 Å². The van der Waals surface area contributed by atoms with Crippen LogP contribution in [-0.2, 0) is 13.2 Å². The van der Waals surface area contributed by atoms with Gasteiger partial charge in [-0.15, -0.1) is 0 Å². The van der Waals surface area contributed by atoms with Crippen molar-refractivity contribution in [3.05, 3.63) is 83.2 Å². The first-order chi connectivity index (χ1) is 16.0. The summed E-state index contributed by atoms with van der Waals surface area (Å²) in [7, 11) is 0. The Labute approximate surface area is 189 Å². The maximum absolute atomic E-state index is 13.6. The van der Waals surface area contributed by atoms with Crippen LogP contribution in [-0.4, -0.2) is 34.7 Å². The van der Waals surface area contributed by atoms with Crippen molar-refractivity contribution < 1.29 is 9.50 Å². The van der Waals surface area contributed by atoms with Crippen LogP contribution < -0.4 is 5.32 Å². The number of aliphatic hydroxyl groups excluding tert-OH is 1. The van der Waals surface area contributed by atoms with E-state index in [-0.39, 0.29) is 12.4 Å². The van der Waals surface area contributed by atoms with Gasteiger partial charge < -0.3 is 10.4 Å². The maximum Gasteiger partial charge on any atom is 0.223 e. The number of halogens is 1. The van der Waals surface area contributed by atoms with E-state index in [0.29, 0.717) is 29.5 Å². The summed E-state index contributed by atoms with van der Waals surface area (Å²) in [4.78, 5) is 13.9. The Kier molecular flexibility index (Phi) is 5.31. The summed E-state index contributed by atoms with van der Waals surface area (Å²) in [5, 5.41) is 20.0. The van der Waals surface area contributed by atoms with Crippen molar-refractivity contribution >= 4 is 11.6 Å². The number of pyridine rings is 1. The predicted molar refractivity (Wildman–Crippen MR) is 123 cm³/mol. The largest absolute Gasteiger partial charge is 0.392 e. The SMILES string of the molecule is Cc1n[nH]c(C)c1CNc1nccc(-c2c(-c3ccc(F)cc3)nc3cc(CO)ccn23)n1. The van der Waals surface area contributed by atoms with Gasteiger partial charge in [-0.05, 0) is 61.9 Å². The molecule has 8 nitrogen and oxygen atoms in total. The molecule has 4 aromatic heterocycles. The highest BCUT2D eigenvalue weighted by atomic mass is 19.1. The van der Waals surface area contributed by atoms with Gasteiger partial charge in [-0.3, -0.25) is 9.50 Å². The number of nitrogens with one attached hydrogen (secondary N) is 2. The van der Waals surface area contributed by atoms with Crippen LogP contribution in [0.15, 0.2) is 54.9 Å². The van der Waals surface area contributed by atoms with Gasteiger partial charge in [-0.2, -0.15) is 5.10 Å². The van der Waals surface area contributed by atoms with Crippen molar-refractivity contribution in [1.29, 1.82) is 0 Å². The lowest BCUT2D eigenvalue weighted by Crippen LogP contribution is -2.06. The number of aryl methyl sites for hydroxylation is 2. The Morgan fingerprint density at radius 2 is 1.91 bits per heavy atom. The van der Waals surface area contributed by atoms with Gasteiger partial charge in [0.05, 0.1) is 29.4 Å². The molecule has 0 amide bonds. The molecule has 1 aromatic carbocycles. The quantitative estimate of drug-likeness (QED) is 0.366. The lowest BCUT2D eigenvalue weighted by atomic mass is 10.1. The first-order valence-electron chi connectivity index (χ1n) is 10.5. The van der Waals surface area contributed by atoms with Gasteiger partial charge in [0.2, 0.25) is 5.95 Å². The molecule has 0 bridgehead atoms. The Hall–Kier alpha value is -4.11. The van der Waals surface area contributed by atoms with Gasteiger partial charge in [-0.25, -0.2) is 19.3 Å². The number of rotatable bonds is 6. The third-order valence-corrected chi connectivity index (χ3v) is 5.59. The minimum Gasteiger partial charge on any atom is -0.392 e. The second-order valence-electron chi connectivity index (χ2n) is 7.77. The number of aliphatic hydroxyl groups is 1. The monoisotopic (exact) mass is 443 g/mol. The normalized spacial score (nSPS) is 11.3. The molecule has 0 aliphatic heterocycles. The molecule has 0 aliphatic rings. The van der Waals surface area contributed by atoms with Crippen molar-refractivity contribution in [3.8, 4) is 22.6 Å². The van der Waals surface area contributed by atoms with E-state index in [0.717, 1.165) is 33.8 Å². The molecular weight excluding hydrogens is 421 g/mol. The summed E-state index contributed by atoms with van der Waals surface area (Å²) < 4.78 is 15.5. The van der Waals surface area contributed by atoms with Gasteiger partial charge in [-0.1, -0.05) is 0 Å². The number of imidazole rings is 1. The number of H-pyrrole nitrogens is 1. The fourth-order valence-corrected chi connectivity index (χ4v) is 3.82. The topological polar surface area (TPSA) is 104 Å². The molecule has 0 saturated heterocycles. The zero-order chi connectivity index (χ0) is 22.9. The third kappa shape index (κ3) is 3.94. The number of fused-ring (bicyclic) bond motifs is 1.